The van der Waals surface area contributed by atoms with Crippen molar-refractivity contribution >= 4 is 6.03 Å². The van der Waals surface area contributed by atoms with E-state index in [4.69, 9.17) is 0 Å². The summed E-state index contributed by atoms with van der Waals surface area (Å²) in [7, 11) is 0. The van der Waals surface area contributed by atoms with Gasteiger partial charge >= 0.3 is 6.03 Å². The van der Waals surface area contributed by atoms with Gasteiger partial charge in [0.05, 0.1) is 0 Å². The maximum absolute atomic E-state index is 11.7. The molecule has 17 heavy (non-hydrogen) atoms. The fraction of sp³-hybridized carbons (Fsp3) is 0.500. The van der Waals surface area contributed by atoms with E-state index < -0.39 is 0 Å². The van der Waals surface area contributed by atoms with Crippen LogP contribution >= 0.6 is 0 Å². The molecule has 2 rings (SSSR count). The van der Waals surface area contributed by atoms with Gasteiger partial charge in [0.1, 0.15) is 0 Å². The molecule has 2 amide bonds. The van der Waals surface area contributed by atoms with Gasteiger partial charge in [-0.05, 0) is 38.7 Å². The monoisotopic (exact) mass is 232 g/mol. The van der Waals surface area contributed by atoms with E-state index in [1.165, 1.54) is 5.56 Å². The Hall–Kier alpha value is -1.51. The van der Waals surface area contributed by atoms with Crippen molar-refractivity contribution < 1.29 is 4.79 Å². The predicted octanol–water partition coefficient (Wildman–Crippen LogP) is 2.47. The number of urea groups is 1. The van der Waals surface area contributed by atoms with Gasteiger partial charge in [0.25, 0.3) is 0 Å². The van der Waals surface area contributed by atoms with Crippen LogP contribution in [0.15, 0.2) is 30.3 Å². The van der Waals surface area contributed by atoms with Crippen LogP contribution in [0.2, 0.25) is 0 Å². The van der Waals surface area contributed by atoms with E-state index in [9.17, 15) is 4.79 Å². The molecule has 1 aromatic rings. The lowest BCUT2D eigenvalue weighted by atomic mass is 9.95. The lowest BCUT2D eigenvalue weighted by Gasteiger charge is -2.26. The van der Waals surface area contributed by atoms with Crippen molar-refractivity contribution in [3.8, 4) is 0 Å². The average molecular weight is 232 g/mol. The smallest absolute Gasteiger partial charge is 0.315 e. The minimum atomic E-state index is -0.222. The van der Waals surface area contributed by atoms with Crippen molar-refractivity contribution in [2.75, 3.05) is 0 Å². The highest BCUT2D eigenvalue weighted by Gasteiger charge is 2.26. The van der Waals surface area contributed by atoms with Crippen LogP contribution in [0, 0.1) is 0 Å². The number of carbonyl (C=O) groups excluding carboxylic acids is 1. The van der Waals surface area contributed by atoms with Gasteiger partial charge in [0.15, 0.2) is 0 Å². The summed E-state index contributed by atoms with van der Waals surface area (Å²) in [5.41, 5.74) is 1.02. The summed E-state index contributed by atoms with van der Waals surface area (Å²) in [6.45, 7) is 4.10. The van der Waals surface area contributed by atoms with Gasteiger partial charge < -0.3 is 10.6 Å². The van der Waals surface area contributed by atoms with Gasteiger partial charge in [-0.25, -0.2) is 4.79 Å². The Balaban J connectivity index is 1.86. The number of hydrogen-bond donors (Lipinski definition) is 2. The minimum absolute atomic E-state index is 0.0477. The van der Waals surface area contributed by atoms with Gasteiger partial charge in [-0.2, -0.15) is 0 Å². The van der Waals surface area contributed by atoms with E-state index in [1.54, 1.807) is 0 Å². The topological polar surface area (TPSA) is 41.1 Å². The first kappa shape index (κ1) is 12.0. The zero-order valence-corrected chi connectivity index (χ0v) is 10.5. The third-order valence-corrected chi connectivity index (χ3v) is 2.85. The fourth-order valence-corrected chi connectivity index (χ4v) is 1.91. The van der Waals surface area contributed by atoms with Crippen molar-refractivity contribution in [2.24, 2.45) is 0 Å². The highest BCUT2D eigenvalue weighted by molar-refractivity contribution is 5.75. The van der Waals surface area contributed by atoms with E-state index in [2.05, 4.69) is 22.8 Å². The Kier molecular flexibility index (Phi) is 3.36. The van der Waals surface area contributed by atoms with E-state index >= 15 is 0 Å². The van der Waals surface area contributed by atoms with Gasteiger partial charge in [-0.3, -0.25) is 0 Å². The molecule has 1 saturated carbocycles. The summed E-state index contributed by atoms with van der Waals surface area (Å²) in [4.78, 5) is 11.7. The molecule has 1 aliphatic rings. The first-order chi connectivity index (χ1) is 8.05. The van der Waals surface area contributed by atoms with E-state index in [-0.39, 0.29) is 11.6 Å². The van der Waals surface area contributed by atoms with Crippen LogP contribution in [-0.2, 0) is 6.42 Å². The number of nitrogens with one attached hydrogen (secondary N) is 2. The molecule has 0 spiro atoms. The SMILES string of the molecule is CC(C)(Cc1ccccc1)NC(=O)NC1CC1. The maximum Gasteiger partial charge on any atom is 0.315 e. The molecule has 1 fully saturated rings. The Morgan fingerprint density at radius 3 is 2.53 bits per heavy atom. The van der Waals surface area contributed by atoms with Crippen LogP contribution in [0.5, 0.6) is 0 Å². The highest BCUT2D eigenvalue weighted by Crippen LogP contribution is 2.19. The molecule has 0 atom stereocenters. The molecule has 0 bridgehead atoms. The molecule has 0 aliphatic heterocycles. The van der Waals surface area contributed by atoms with Crippen LogP contribution in [-0.4, -0.2) is 17.6 Å². The molecule has 0 radical (unpaired) electrons. The molecule has 1 aliphatic carbocycles. The summed E-state index contributed by atoms with van der Waals surface area (Å²) < 4.78 is 0. The third-order valence-electron chi connectivity index (χ3n) is 2.85. The molecule has 1 aromatic carbocycles. The zero-order chi connectivity index (χ0) is 12.3. The van der Waals surface area contributed by atoms with Crippen LogP contribution < -0.4 is 10.6 Å². The van der Waals surface area contributed by atoms with Gasteiger partial charge in [-0.15, -0.1) is 0 Å². The molecular weight excluding hydrogens is 212 g/mol. The summed E-state index contributed by atoms with van der Waals surface area (Å²) >= 11 is 0. The Morgan fingerprint density at radius 1 is 1.29 bits per heavy atom. The average Bonchev–Trinajstić information content (AvgIpc) is 3.01. The quantitative estimate of drug-likeness (QED) is 0.822. The number of rotatable bonds is 4. The molecule has 0 heterocycles. The molecule has 92 valence electrons. The standard InChI is InChI=1S/C14H20N2O/c1-14(2,10-11-6-4-3-5-7-11)16-13(17)15-12-8-9-12/h3-7,12H,8-10H2,1-2H3,(H2,15,16,17). The van der Waals surface area contributed by atoms with E-state index in [0.29, 0.717) is 6.04 Å². The van der Waals surface area contributed by atoms with E-state index in [1.807, 2.05) is 32.0 Å². The Labute approximate surface area is 103 Å². The van der Waals surface area contributed by atoms with Gasteiger partial charge in [0, 0.05) is 11.6 Å². The van der Waals surface area contributed by atoms with Crippen molar-refractivity contribution in [1.82, 2.24) is 10.6 Å². The second-order valence-electron chi connectivity index (χ2n) is 5.42. The maximum atomic E-state index is 11.7. The van der Waals surface area contributed by atoms with Crippen molar-refractivity contribution in [1.29, 1.82) is 0 Å². The third kappa shape index (κ3) is 4.10. The molecule has 3 nitrogen and oxygen atoms in total. The first-order valence-electron chi connectivity index (χ1n) is 6.18. The lowest BCUT2D eigenvalue weighted by molar-refractivity contribution is 0.229. The molecule has 3 heteroatoms. The highest BCUT2D eigenvalue weighted by atomic mass is 16.2. The molecule has 0 aromatic heterocycles. The molecule has 0 unspecified atom stereocenters. The first-order valence-corrected chi connectivity index (χ1v) is 6.18. The number of hydrogen-bond acceptors (Lipinski definition) is 1. The minimum Gasteiger partial charge on any atom is -0.335 e. The fourth-order valence-electron chi connectivity index (χ4n) is 1.91. The Morgan fingerprint density at radius 2 is 1.94 bits per heavy atom. The Bertz CT molecular complexity index is 382. The summed E-state index contributed by atoms with van der Waals surface area (Å²) in [5, 5.41) is 5.97. The second-order valence-corrected chi connectivity index (χ2v) is 5.42. The predicted molar refractivity (Wildman–Crippen MR) is 68.9 cm³/mol. The molecule has 2 N–H and O–H groups in total. The van der Waals surface area contributed by atoms with Crippen LogP contribution in [0.25, 0.3) is 0 Å². The molecule has 0 saturated heterocycles. The van der Waals surface area contributed by atoms with Gasteiger partial charge in [-0.1, -0.05) is 30.3 Å². The summed E-state index contributed by atoms with van der Waals surface area (Å²) in [5.74, 6) is 0. The van der Waals surface area contributed by atoms with Crippen LogP contribution in [0.3, 0.4) is 0 Å². The van der Waals surface area contributed by atoms with E-state index in [0.717, 1.165) is 19.3 Å². The number of amides is 2. The lowest BCUT2D eigenvalue weighted by Crippen LogP contribution is -2.50. The van der Waals surface area contributed by atoms with Crippen molar-refractivity contribution in [3.05, 3.63) is 35.9 Å². The number of carbonyl (C=O) groups is 1. The summed E-state index contributed by atoms with van der Waals surface area (Å²) in [6.07, 6.45) is 3.07. The van der Waals surface area contributed by atoms with Crippen LogP contribution in [0.1, 0.15) is 32.3 Å². The molecular formula is C14H20N2O. The second kappa shape index (κ2) is 4.78. The largest absolute Gasteiger partial charge is 0.335 e. The number of benzene rings is 1. The van der Waals surface area contributed by atoms with Crippen LogP contribution in [0.4, 0.5) is 4.79 Å². The van der Waals surface area contributed by atoms with Crippen molar-refractivity contribution in [3.63, 3.8) is 0 Å². The zero-order valence-electron chi connectivity index (χ0n) is 10.5. The van der Waals surface area contributed by atoms with Gasteiger partial charge in [0.2, 0.25) is 0 Å². The normalized spacial score (nSPS) is 15.4. The van der Waals surface area contributed by atoms with Crippen molar-refractivity contribution in [2.45, 2.75) is 44.7 Å². The summed E-state index contributed by atoms with van der Waals surface area (Å²) in [6, 6.07) is 10.6.